The fourth-order valence-corrected chi connectivity index (χ4v) is 4.41. The fourth-order valence-electron chi connectivity index (χ4n) is 3.37. The summed E-state index contributed by atoms with van der Waals surface area (Å²) in [7, 11) is 0. The van der Waals surface area contributed by atoms with Crippen LogP contribution in [0.2, 0.25) is 0 Å². The number of hydrogen-bond donors (Lipinski definition) is 3. The molecule has 4 rings (SSSR count). The molecule has 30 heavy (non-hydrogen) atoms. The summed E-state index contributed by atoms with van der Waals surface area (Å²) in [4.78, 5) is 17.4. The Balaban J connectivity index is 1.70. The number of benzene rings is 1. The number of aliphatic hydroxyl groups is 1. The van der Waals surface area contributed by atoms with E-state index in [1.54, 1.807) is 31.3 Å². The summed E-state index contributed by atoms with van der Waals surface area (Å²) in [5.74, 6) is 0.0603. The number of carbonyl (C=O) groups excluding carboxylic acids is 1. The highest BCUT2D eigenvalue weighted by atomic mass is 32.1. The Bertz CT molecular complexity index is 1220. The number of fused-ring (bicyclic) bond motifs is 1. The zero-order valence-electron chi connectivity index (χ0n) is 16.6. The van der Waals surface area contributed by atoms with Gasteiger partial charge in [-0.05, 0) is 60.2 Å². The molecule has 0 radical (unpaired) electrons. The second kappa shape index (κ2) is 7.75. The van der Waals surface area contributed by atoms with E-state index in [2.05, 4.69) is 10.3 Å². The molecule has 0 aliphatic heterocycles. The van der Waals surface area contributed by atoms with E-state index >= 15 is 0 Å². The van der Waals surface area contributed by atoms with Crippen LogP contribution in [-0.4, -0.2) is 20.9 Å². The van der Waals surface area contributed by atoms with Crippen molar-refractivity contribution in [1.82, 2.24) is 4.98 Å². The number of nitrogens with two attached hydrogens (primary N) is 1. The van der Waals surface area contributed by atoms with Crippen LogP contribution in [0, 0.1) is 0 Å². The third kappa shape index (κ3) is 4.05. The lowest BCUT2D eigenvalue weighted by atomic mass is 9.89. The van der Waals surface area contributed by atoms with E-state index in [1.165, 1.54) is 0 Å². The fraction of sp³-hybridized carbons (Fsp3) is 0.174. The van der Waals surface area contributed by atoms with Crippen molar-refractivity contribution >= 4 is 55.9 Å². The van der Waals surface area contributed by atoms with Gasteiger partial charge in [0.05, 0.1) is 27.1 Å². The number of thiophene rings is 1. The Morgan fingerprint density at radius 2 is 1.93 bits per heavy atom. The molecule has 0 saturated carbocycles. The van der Waals surface area contributed by atoms with Crippen LogP contribution in [-0.2, 0) is 10.4 Å². The topological polar surface area (TPSA) is 88.2 Å². The molecule has 2 aromatic heterocycles. The van der Waals surface area contributed by atoms with Gasteiger partial charge in [0.15, 0.2) is 0 Å². The Morgan fingerprint density at radius 3 is 2.60 bits per heavy atom. The van der Waals surface area contributed by atoms with E-state index in [1.807, 2.05) is 47.8 Å². The molecule has 3 aromatic rings. The summed E-state index contributed by atoms with van der Waals surface area (Å²) in [5, 5.41) is 15.3. The second-order valence-corrected chi connectivity index (χ2v) is 9.12. The van der Waals surface area contributed by atoms with Crippen LogP contribution in [0.5, 0.6) is 0 Å². The molecule has 5 nitrogen and oxygen atoms in total. The number of nitrogens with zero attached hydrogens (tertiary/aromatic N) is 1. The second-order valence-electron chi connectivity index (χ2n) is 7.68. The van der Waals surface area contributed by atoms with Crippen molar-refractivity contribution in [2.24, 2.45) is 5.73 Å². The van der Waals surface area contributed by atoms with Gasteiger partial charge in [0.1, 0.15) is 5.82 Å². The average Bonchev–Trinajstić information content (AvgIpc) is 3.16. The highest BCUT2D eigenvalue weighted by Crippen LogP contribution is 2.31. The van der Waals surface area contributed by atoms with Crippen LogP contribution in [0.3, 0.4) is 0 Å². The summed E-state index contributed by atoms with van der Waals surface area (Å²) >= 11 is 7.25. The van der Waals surface area contributed by atoms with Crippen molar-refractivity contribution in [3.05, 3.63) is 76.3 Å². The third-order valence-corrected chi connectivity index (χ3v) is 6.23. The quantitative estimate of drug-likeness (QED) is 0.513. The first-order valence-electron chi connectivity index (χ1n) is 9.45. The monoisotopic (exact) mass is 435 g/mol. The number of hydrogen-bond acceptors (Lipinski definition) is 6. The van der Waals surface area contributed by atoms with Crippen molar-refractivity contribution in [3.63, 3.8) is 0 Å². The molecular weight excluding hydrogens is 414 g/mol. The Labute approximate surface area is 183 Å². The average molecular weight is 436 g/mol. The Morgan fingerprint density at radius 1 is 1.20 bits per heavy atom. The molecular formula is C23H21N3O2S2. The molecule has 0 bridgehead atoms. The molecule has 0 atom stereocenters. The third-order valence-electron chi connectivity index (χ3n) is 5.01. The first-order chi connectivity index (χ1) is 14.2. The molecule has 4 N–H and O–H groups in total. The number of nitrogens with one attached hydrogen (secondary N) is 1. The minimum atomic E-state index is -0.916. The largest absolute Gasteiger partial charge is 0.386 e. The standard InChI is InChI=1S/C23H21N3O2S2/c1-23(2,28)15-5-3-13(4-6-15)14-11-16(22(24)27)21(18(29)12-14)26-20-8-7-19-17(25-20)9-10-30-19/h3-11,28H,12H2,1-2H3,(H2,24,27)(H,25,26). The van der Waals surface area contributed by atoms with Gasteiger partial charge in [0.25, 0.3) is 5.91 Å². The number of pyridine rings is 1. The van der Waals surface area contributed by atoms with E-state index in [0.29, 0.717) is 28.4 Å². The predicted molar refractivity (Wildman–Crippen MR) is 126 cm³/mol. The normalized spacial score (nSPS) is 14.8. The lowest BCUT2D eigenvalue weighted by Gasteiger charge is -2.22. The van der Waals surface area contributed by atoms with E-state index in [-0.39, 0.29) is 0 Å². The maximum absolute atomic E-state index is 12.2. The SMILES string of the molecule is CC(C)(O)c1ccc(C2=CC(C(N)=O)=C(Nc3ccc4sccc4n3)C(=S)C2)cc1. The number of amides is 1. The molecule has 1 amide bonds. The highest BCUT2D eigenvalue weighted by molar-refractivity contribution is 7.81. The lowest BCUT2D eigenvalue weighted by molar-refractivity contribution is -0.114. The van der Waals surface area contributed by atoms with Crippen molar-refractivity contribution in [2.45, 2.75) is 25.9 Å². The Hall–Kier alpha value is -2.87. The van der Waals surface area contributed by atoms with Crippen molar-refractivity contribution in [3.8, 4) is 0 Å². The maximum Gasteiger partial charge on any atom is 0.250 e. The van der Waals surface area contributed by atoms with Gasteiger partial charge in [-0.15, -0.1) is 11.3 Å². The number of thiocarbonyl (C=S) groups is 1. The van der Waals surface area contributed by atoms with Gasteiger partial charge in [0, 0.05) is 11.3 Å². The minimum Gasteiger partial charge on any atom is -0.386 e. The number of rotatable bonds is 5. The van der Waals surface area contributed by atoms with E-state index in [0.717, 1.165) is 26.9 Å². The van der Waals surface area contributed by atoms with E-state index in [9.17, 15) is 9.90 Å². The first kappa shape index (κ1) is 20.4. The van der Waals surface area contributed by atoms with Gasteiger partial charge < -0.3 is 16.2 Å². The molecule has 1 aromatic carbocycles. The zero-order valence-corrected chi connectivity index (χ0v) is 18.2. The summed E-state index contributed by atoms with van der Waals surface area (Å²) in [6.07, 6.45) is 2.28. The van der Waals surface area contributed by atoms with Crippen LogP contribution >= 0.6 is 23.6 Å². The number of carbonyl (C=O) groups is 1. The summed E-state index contributed by atoms with van der Waals surface area (Å²) in [6.45, 7) is 3.48. The number of primary amides is 1. The predicted octanol–water partition coefficient (Wildman–Crippen LogP) is 4.53. The van der Waals surface area contributed by atoms with Gasteiger partial charge in [-0.25, -0.2) is 4.98 Å². The van der Waals surface area contributed by atoms with Gasteiger partial charge in [0.2, 0.25) is 0 Å². The highest BCUT2D eigenvalue weighted by Gasteiger charge is 2.23. The molecule has 0 fully saturated rings. The zero-order chi connectivity index (χ0) is 21.5. The van der Waals surface area contributed by atoms with Crippen LogP contribution in [0.1, 0.15) is 31.4 Å². The lowest BCUT2D eigenvalue weighted by Crippen LogP contribution is -2.24. The molecule has 1 aliphatic rings. The van der Waals surface area contributed by atoms with Gasteiger partial charge in [-0.2, -0.15) is 0 Å². The summed E-state index contributed by atoms with van der Waals surface area (Å²) in [6, 6.07) is 13.4. The number of anilines is 1. The van der Waals surface area contributed by atoms with Crippen molar-refractivity contribution in [2.75, 3.05) is 5.32 Å². The van der Waals surface area contributed by atoms with E-state index in [4.69, 9.17) is 18.0 Å². The Kier molecular flexibility index (Phi) is 5.27. The summed E-state index contributed by atoms with van der Waals surface area (Å²) < 4.78 is 1.09. The molecule has 1 aliphatic carbocycles. The molecule has 0 spiro atoms. The molecule has 2 heterocycles. The van der Waals surface area contributed by atoms with Gasteiger partial charge >= 0.3 is 0 Å². The van der Waals surface area contributed by atoms with Crippen LogP contribution in [0.25, 0.3) is 15.8 Å². The minimum absolute atomic E-state index is 0.333. The molecule has 0 saturated heterocycles. The molecule has 0 unspecified atom stereocenters. The number of allylic oxidation sites excluding steroid dienone is 2. The molecule has 7 heteroatoms. The summed E-state index contributed by atoms with van der Waals surface area (Å²) in [5.41, 5.74) is 9.15. The van der Waals surface area contributed by atoms with Crippen molar-refractivity contribution < 1.29 is 9.90 Å². The number of aromatic nitrogens is 1. The first-order valence-corrected chi connectivity index (χ1v) is 10.7. The van der Waals surface area contributed by atoms with Crippen LogP contribution in [0.15, 0.2) is 65.2 Å². The van der Waals surface area contributed by atoms with Crippen molar-refractivity contribution in [1.29, 1.82) is 0 Å². The van der Waals surface area contributed by atoms with Crippen LogP contribution in [0.4, 0.5) is 5.82 Å². The molecule has 152 valence electrons. The van der Waals surface area contributed by atoms with Crippen LogP contribution < -0.4 is 11.1 Å². The van der Waals surface area contributed by atoms with Gasteiger partial charge in [-0.1, -0.05) is 36.5 Å². The van der Waals surface area contributed by atoms with E-state index < -0.39 is 11.5 Å². The maximum atomic E-state index is 12.2. The smallest absolute Gasteiger partial charge is 0.250 e. The van der Waals surface area contributed by atoms with Gasteiger partial charge in [-0.3, -0.25) is 4.79 Å².